The molecule has 0 aliphatic carbocycles. The number of hydrogen-bond donors (Lipinski definition) is 1. The number of hydrogen-bond acceptors (Lipinski definition) is 7. The molecule has 1 amide bonds. The number of Topliss-reactive ketones (excluding diaryl/α,β-unsaturated/α-hetero) is 1. The van der Waals surface area contributed by atoms with Crippen LogP contribution in [0.2, 0.25) is 0 Å². The van der Waals surface area contributed by atoms with Crippen molar-refractivity contribution in [2.24, 2.45) is 0 Å². The van der Waals surface area contributed by atoms with Gasteiger partial charge in [0.2, 0.25) is 5.78 Å². The molecule has 0 bridgehead atoms. The number of ketones is 1. The Labute approximate surface area is 216 Å². The monoisotopic (exact) mass is 504 g/mol. The van der Waals surface area contributed by atoms with Crippen molar-refractivity contribution in [2.45, 2.75) is 33.7 Å². The SMILES string of the molecule is CCN(CC)c1ccc(C2C(C(=O)c3sc(C)nc3C)=C(O)C(=O)N2c2ccc(N(C)C)cc2)cc1. The van der Waals surface area contributed by atoms with Gasteiger partial charge in [0.25, 0.3) is 5.91 Å². The molecule has 3 aromatic rings. The van der Waals surface area contributed by atoms with E-state index in [9.17, 15) is 14.7 Å². The lowest BCUT2D eigenvalue weighted by atomic mass is 9.94. The van der Waals surface area contributed by atoms with E-state index in [1.54, 1.807) is 6.92 Å². The number of carbonyl (C=O) groups excluding carboxylic acids is 2. The van der Waals surface area contributed by atoms with Crippen molar-refractivity contribution in [1.29, 1.82) is 0 Å². The summed E-state index contributed by atoms with van der Waals surface area (Å²) < 4.78 is 0. The first-order valence-corrected chi connectivity index (χ1v) is 12.9. The molecule has 36 heavy (non-hydrogen) atoms. The van der Waals surface area contributed by atoms with Crippen LogP contribution in [0.4, 0.5) is 17.1 Å². The zero-order valence-electron chi connectivity index (χ0n) is 21.6. The topological polar surface area (TPSA) is 77.0 Å². The molecule has 1 aromatic heterocycles. The van der Waals surface area contributed by atoms with Gasteiger partial charge in [-0.05, 0) is 69.7 Å². The van der Waals surface area contributed by atoms with Crippen LogP contribution < -0.4 is 14.7 Å². The molecule has 2 heterocycles. The molecule has 7 nitrogen and oxygen atoms in total. The number of aliphatic hydroxyl groups excluding tert-OH is 1. The summed E-state index contributed by atoms with van der Waals surface area (Å²) in [7, 11) is 3.89. The van der Waals surface area contributed by atoms with Crippen molar-refractivity contribution in [3.63, 3.8) is 0 Å². The van der Waals surface area contributed by atoms with Gasteiger partial charge in [0.15, 0.2) is 5.76 Å². The lowest BCUT2D eigenvalue weighted by Gasteiger charge is -2.28. The highest BCUT2D eigenvalue weighted by molar-refractivity contribution is 7.14. The largest absolute Gasteiger partial charge is 0.503 e. The molecular formula is C28H32N4O3S. The number of nitrogens with zero attached hydrogens (tertiary/aromatic N) is 4. The summed E-state index contributed by atoms with van der Waals surface area (Å²) in [6, 6.07) is 14.6. The van der Waals surface area contributed by atoms with Crippen LogP contribution in [0.3, 0.4) is 0 Å². The molecule has 0 saturated heterocycles. The molecular weight excluding hydrogens is 472 g/mol. The van der Waals surface area contributed by atoms with Gasteiger partial charge in [0.05, 0.1) is 27.2 Å². The average molecular weight is 505 g/mol. The van der Waals surface area contributed by atoms with Crippen molar-refractivity contribution in [3.8, 4) is 0 Å². The molecule has 1 aliphatic rings. The molecule has 188 valence electrons. The number of aliphatic hydroxyl groups is 1. The molecule has 4 rings (SSSR count). The van der Waals surface area contributed by atoms with Gasteiger partial charge in [-0.15, -0.1) is 11.3 Å². The van der Waals surface area contributed by atoms with E-state index in [1.165, 1.54) is 16.2 Å². The highest BCUT2D eigenvalue weighted by Gasteiger charge is 2.45. The summed E-state index contributed by atoms with van der Waals surface area (Å²) in [6.07, 6.45) is 0. The minimum atomic E-state index is -0.761. The summed E-state index contributed by atoms with van der Waals surface area (Å²) in [5.41, 5.74) is 4.08. The molecule has 1 unspecified atom stereocenters. The first-order valence-electron chi connectivity index (χ1n) is 12.1. The standard InChI is InChI=1S/C28H32N4O3S/c1-7-31(8-2)21-11-9-19(10-12-21)24-23(25(33)27-17(3)29-18(4)36-27)26(34)28(35)32(24)22-15-13-20(14-16-22)30(5)6/h9-16,24,34H,7-8H2,1-6H3. The normalized spacial score (nSPS) is 15.6. The van der Waals surface area contributed by atoms with E-state index in [4.69, 9.17) is 0 Å². The first-order chi connectivity index (χ1) is 17.2. The van der Waals surface area contributed by atoms with E-state index in [0.29, 0.717) is 16.3 Å². The van der Waals surface area contributed by atoms with Crippen LogP contribution in [0, 0.1) is 13.8 Å². The number of rotatable bonds is 8. The van der Waals surface area contributed by atoms with Gasteiger partial charge >= 0.3 is 0 Å². The summed E-state index contributed by atoms with van der Waals surface area (Å²) >= 11 is 1.28. The number of anilines is 3. The highest BCUT2D eigenvalue weighted by atomic mass is 32.1. The fraction of sp³-hybridized carbons (Fsp3) is 0.321. The Bertz CT molecular complexity index is 1310. The predicted molar refractivity (Wildman–Crippen MR) is 147 cm³/mol. The lowest BCUT2D eigenvalue weighted by Crippen LogP contribution is -2.31. The quantitative estimate of drug-likeness (QED) is 0.411. The lowest BCUT2D eigenvalue weighted by molar-refractivity contribution is -0.117. The van der Waals surface area contributed by atoms with Crippen LogP contribution in [0.15, 0.2) is 59.9 Å². The van der Waals surface area contributed by atoms with Crippen molar-refractivity contribution in [3.05, 3.63) is 81.0 Å². The van der Waals surface area contributed by atoms with E-state index >= 15 is 0 Å². The van der Waals surface area contributed by atoms with Crippen LogP contribution in [-0.4, -0.2) is 49.0 Å². The van der Waals surface area contributed by atoms with Crippen LogP contribution in [0.25, 0.3) is 0 Å². The molecule has 0 fully saturated rings. The Hall–Kier alpha value is -3.65. The Kier molecular flexibility index (Phi) is 7.17. The van der Waals surface area contributed by atoms with Crippen LogP contribution in [0.5, 0.6) is 0 Å². The van der Waals surface area contributed by atoms with Gasteiger partial charge in [-0.25, -0.2) is 4.98 Å². The zero-order chi connectivity index (χ0) is 26.1. The smallest absolute Gasteiger partial charge is 0.294 e. The molecule has 1 atom stereocenters. The number of carbonyl (C=O) groups is 2. The first kappa shape index (κ1) is 25.4. The molecule has 0 saturated carbocycles. The molecule has 0 radical (unpaired) electrons. The van der Waals surface area contributed by atoms with Gasteiger partial charge in [-0.2, -0.15) is 0 Å². The van der Waals surface area contributed by atoms with Crippen LogP contribution in [0.1, 0.15) is 45.8 Å². The third kappa shape index (κ3) is 4.48. The zero-order valence-corrected chi connectivity index (χ0v) is 22.4. The minimum absolute atomic E-state index is 0.0824. The Morgan fingerprint density at radius 1 is 1.00 bits per heavy atom. The van der Waals surface area contributed by atoms with E-state index in [0.717, 1.165) is 35.0 Å². The van der Waals surface area contributed by atoms with Crippen molar-refractivity contribution < 1.29 is 14.7 Å². The van der Waals surface area contributed by atoms with Crippen molar-refractivity contribution in [1.82, 2.24) is 4.98 Å². The summed E-state index contributed by atoms with van der Waals surface area (Å²) in [6.45, 7) is 9.56. The second kappa shape index (κ2) is 10.1. The van der Waals surface area contributed by atoms with E-state index in [2.05, 4.69) is 23.7 Å². The van der Waals surface area contributed by atoms with Gasteiger partial charge in [0, 0.05) is 44.2 Å². The number of aromatic nitrogens is 1. The number of aryl methyl sites for hydroxylation is 2. The molecule has 8 heteroatoms. The van der Waals surface area contributed by atoms with E-state index in [-0.39, 0.29) is 11.4 Å². The molecule has 1 N–H and O–H groups in total. The number of benzene rings is 2. The van der Waals surface area contributed by atoms with Crippen LogP contribution >= 0.6 is 11.3 Å². The third-order valence-corrected chi connectivity index (χ3v) is 7.62. The van der Waals surface area contributed by atoms with Gasteiger partial charge < -0.3 is 14.9 Å². The second-order valence-corrected chi connectivity index (χ2v) is 10.2. The van der Waals surface area contributed by atoms with Gasteiger partial charge in [0.1, 0.15) is 0 Å². The predicted octanol–water partition coefficient (Wildman–Crippen LogP) is 5.46. The molecule has 2 aromatic carbocycles. The van der Waals surface area contributed by atoms with Gasteiger partial charge in [-0.3, -0.25) is 14.5 Å². The van der Waals surface area contributed by atoms with E-state index < -0.39 is 17.7 Å². The molecule has 1 aliphatic heterocycles. The highest BCUT2D eigenvalue weighted by Crippen LogP contribution is 2.43. The Morgan fingerprint density at radius 2 is 1.58 bits per heavy atom. The van der Waals surface area contributed by atoms with Gasteiger partial charge in [-0.1, -0.05) is 12.1 Å². The second-order valence-electron chi connectivity index (χ2n) is 8.99. The summed E-state index contributed by atoms with van der Waals surface area (Å²) in [5, 5.41) is 11.8. The Morgan fingerprint density at radius 3 is 2.08 bits per heavy atom. The third-order valence-electron chi connectivity index (χ3n) is 6.54. The van der Waals surface area contributed by atoms with Crippen molar-refractivity contribution >= 4 is 40.1 Å². The number of thiazole rings is 1. The van der Waals surface area contributed by atoms with Crippen molar-refractivity contribution in [2.75, 3.05) is 41.9 Å². The number of amides is 1. The fourth-order valence-electron chi connectivity index (χ4n) is 4.65. The maximum Gasteiger partial charge on any atom is 0.294 e. The maximum absolute atomic E-state index is 13.8. The van der Waals surface area contributed by atoms with E-state index in [1.807, 2.05) is 74.4 Å². The van der Waals surface area contributed by atoms with Crippen LogP contribution in [-0.2, 0) is 4.79 Å². The average Bonchev–Trinajstić information content (AvgIpc) is 3.34. The Balaban J connectivity index is 1.84. The fourth-order valence-corrected chi connectivity index (χ4v) is 5.52. The maximum atomic E-state index is 13.8. The summed E-state index contributed by atoms with van der Waals surface area (Å²) in [5.74, 6) is -1.47. The minimum Gasteiger partial charge on any atom is -0.503 e. The molecule has 0 spiro atoms. The summed E-state index contributed by atoms with van der Waals surface area (Å²) in [4.78, 5) is 37.7.